The second-order valence-corrected chi connectivity index (χ2v) is 5.99. The molecule has 0 saturated carbocycles. The molecule has 0 atom stereocenters. The summed E-state index contributed by atoms with van der Waals surface area (Å²) in [4.78, 5) is 16.7. The summed E-state index contributed by atoms with van der Waals surface area (Å²) in [6.45, 7) is 0.622. The van der Waals surface area contributed by atoms with Crippen LogP contribution in [0.25, 0.3) is 11.0 Å². The van der Waals surface area contributed by atoms with Crippen LogP contribution in [0.5, 0.6) is 0 Å². The second kappa shape index (κ2) is 4.79. The summed E-state index contributed by atoms with van der Waals surface area (Å²) in [5.41, 5.74) is 1.65. The maximum absolute atomic E-state index is 11.3. The zero-order valence-electron chi connectivity index (χ0n) is 9.71. The van der Waals surface area contributed by atoms with Crippen molar-refractivity contribution in [2.75, 3.05) is 0 Å². The maximum Gasteiger partial charge on any atom is 0.337 e. The van der Waals surface area contributed by atoms with Gasteiger partial charge < -0.3 is 9.67 Å². The van der Waals surface area contributed by atoms with Crippen LogP contribution in [0.1, 0.15) is 15.2 Å². The van der Waals surface area contributed by atoms with Gasteiger partial charge >= 0.3 is 5.97 Å². The third-order valence-electron chi connectivity index (χ3n) is 2.82. The first-order valence-corrected chi connectivity index (χ1v) is 7.22. The van der Waals surface area contributed by atoms with Crippen molar-refractivity contribution in [3.63, 3.8) is 0 Å². The predicted octanol–water partition coefficient (Wildman–Crippen LogP) is 3.61. The van der Waals surface area contributed by atoms with E-state index in [-0.39, 0.29) is 5.56 Å². The summed E-state index contributed by atoms with van der Waals surface area (Å²) < 4.78 is 2.91. The molecule has 2 heterocycles. The first-order valence-electron chi connectivity index (χ1n) is 5.55. The smallest absolute Gasteiger partial charge is 0.337 e. The molecule has 0 fully saturated rings. The van der Waals surface area contributed by atoms with E-state index in [1.165, 1.54) is 0 Å². The molecule has 0 bridgehead atoms. The minimum absolute atomic E-state index is 0.283. The minimum Gasteiger partial charge on any atom is -0.478 e. The Labute approximate surface area is 121 Å². The highest BCUT2D eigenvalue weighted by Crippen LogP contribution is 2.24. The van der Waals surface area contributed by atoms with Crippen LogP contribution in [0.15, 0.2) is 40.4 Å². The number of hydrogen-bond acceptors (Lipinski definition) is 3. The van der Waals surface area contributed by atoms with Crippen molar-refractivity contribution in [1.29, 1.82) is 0 Å². The molecule has 1 aromatic carbocycles. The van der Waals surface area contributed by atoms with E-state index >= 15 is 0 Å². The van der Waals surface area contributed by atoms with Gasteiger partial charge in [-0.25, -0.2) is 9.78 Å². The van der Waals surface area contributed by atoms with Crippen LogP contribution in [0.4, 0.5) is 0 Å². The van der Waals surface area contributed by atoms with Crippen molar-refractivity contribution < 1.29 is 9.90 Å². The average molecular weight is 337 g/mol. The number of carboxylic acid groups (broad SMARTS) is 1. The molecule has 2 aromatic heterocycles. The van der Waals surface area contributed by atoms with Crippen molar-refractivity contribution in [2.24, 2.45) is 0 Å². The van der Waals surface area contributed by atoms with Crippen LogP contribution in [0.3, 0.4) is 0 Å². The van der Waals surface area contributed by atoms with Gasteiger partial charge in [-0.3, -0.25) is 0 Å². The normalized spacial score (nSPS) is 11.0. The Hall–Kier alpha value is -1.66. The summed E-state index contributed by atoms with van der Waals surface area (Å²) in [6, 6.07) is 7.17. The topological polar surface area (TPSA) is 55.1 Å². The van der Waals surface area contributed by atoms with Gasteiger partial charge in [-0.1, -0.05) is 6.07 Å². The van der Waals surface area contributed by atoms with Crippen molar-refractivity contribution in [3.8, 4) is 0 Å². The number of aromatic carboxylic acids is 1. The number of imidazole rings is 1. The lowest BCUT2D eigenvalue weighted by molar-refractivity contribution is 0.0698. The van der Waals surface area contributed by atoms with Gasteiger partial charge in [0.05, 0.1) is 29.5 Å². The third-order valence-corrected chi connectivity index (χ3v) is 4.50. The number of rotatable bonds is 3. The van der Waals surface area contributed by atoms with Gasteiger partial charge in [-0.15, -0.1) is 11.3 Å². The van der Waals surface area contributed by atoms with Gasteiger partial charge in [0.2, 0.25) is 0 Å². The van der Waals surface area contributed by atoms with Gasteiger partial charge in [0.25, 0.3) is 0 Å². The summed E-state index contributed by atoms with van der Waals surface area (Å²) in [7, 11) is 0. The Morgan fingerprint density at radius 1 is 1.47 bits per heavy atom. The molecule has 0 unspecified atom stereocenters. The Balaban J connectivity index is 2.11. The average Bonchev–Trinajstić information content (AvgIpc) is 2.97. The molecule has 19 heavy (non-hydrogen) atoms. The molecule has 3 aromatic rings. The fraction of sp³-hybridized carbons (Fsp3) is 0.0769. The zero-order chi connectivity index (χ0) is 13.4. The van der Waals surface area contributed by atoms with Gasteiger partial charge in [-0.2, -0.15) is 0 Å². The molecule has 0 radical (unpaired) electrons. The highest BCUT2D eigenvalue weighted by Gasteiger charge is 2.13. The molecule has 0 spiro atoms. The van der Waals surface area contributed by atoms with E-state index in [1.807, 2.05) is 22.1 Å². The van der Waals surface area contributed by atoms with Gasteiger partial charge in [0, 0.05) is 14.7 Å². The largest absolute Gasteiger partial charge is 0.478 e. The zero-order valence-corrected chi connectivity index (χ0v) is 12.1. The van der Waals surface area contributed by atoms with Crippen LogP contribution < -0.4 is 0 Å². The van der Waals surface area contributed by atoms with E-state index in [9.17, 15) is 9.90 Å². The van der Waals surface area contributed by atoms with Crippen LogP contribution in [-0.4, -0.2) is 20.6 Å². The van der Waals surface area contributed by atoms with Crippen molar-refractivity contribution in [3.05, 3.63) is 50.9 Å². The van der Waals surface area contributed by atoms with Crippen LogP contribution in [0, 0.1) is 0 Å². The van der Waals surface area contributed by atoms with Crippen molar-refractivity contribution in [1.82, 2.24) is 9.55 Å². The fourth-order valence-corrected chi connectivity index (χ4v) is 3.47. The highest BCUT2D eigenvalue weighted by molar-refractivity contribution is 9.10. The number of para-hydroxylation sites is 1. The number of aromatic nitrogens is 2. The predicted molar refractivity (Wildman–Crippen MR) is 77.8 cm³/mol. The molecule has 0 aliphatic heterocycles. The van der Waals surface area contributed by atoms with E-state index in [2.05, 4.69) is 20.9 Å². The van der Waals surface area contributed by atoms with Crippen molar-refractivity contribution in [2.45, 2.75) is 6.54 Å². The minimum atomic E-state index is -0.931. The Morgan fingerprint density at radius 3 is 3.00 bits per heavy atom. The standard InChI is InChI=1S/C13H9BrN2O2S/c14-8-4-9(19-6-8)5-16-7-15-11-3-1-2-10(12(11)16)13(17)18/h1-4,6-7H,5H2,(H,17,18). The van der Waals surface area contributed by atoms with Crippen LogP contribution in [0.2, 0.25) is 0 Å². The highest BCUT2D eigenvalue weighted by atomic mass is 79.9. The van der Waals surface area contributed by atoms with Crippen LogP contribution in [-0.2, 0) is 6.54 Å². The van der Waals surface area contributed by atoms with Crippen LogP contribution >= 0.6 is 27.3 Å². The summed E-state index contributed by atoms with van der Waals surface area (Å²) in [5.74, 6) is -0.931. The van der Waals surface area contributed by atoms with E-state index in [4.69, 9.17) is 0 Å². The quantitative estimate of drug-likeness (QED) is 0.794. The lowest BCUT2D eigenvalue weighted by Gasteiger charge is -2.04. The Morgan fingerprint density at radius 2 is 2.32 bits per heavy atom. The van der Waals surface area contributed by atoms with E-state index < -0.39 is 5.97 Å². The lowest BCUT2D eigenvalue weighted by Crippen LogP contribution is -2.03. The molecule has 0 amide bonds. The molecular formula is C13H9BrN2O2S. The molecule has 0 saturated heterocycles. The maximum atomic E-state index is 11.3. The summed E-state index contributed by atoms with van der Waals surface area (Å²) in [5, 5.41) is 11.3. The van der Waals surface area contributed by atoms with E-state index in [0.717, 1.165) is 9.35 Å². The first-order chi connectivity index (χ1) is 9.15. The van der Waals surface area contributed by atoms with Gasteiger partial charge in [0.15, 0.2) is 0 Å². The number of carbonyl (C=O) groups is 1. The number of thiophene rings is 1. The molecule has 0 aliphatic carbocycles. The number of fused-ring (bicyclic) bond motifs is 1. The molecule has 3 rings (SSSR count). The molecule has 6 heteroatoms. The van der Waals surface area contributed by atoms with Crippen molar-refractivity contribution >= 4 is 44.3 Å². The van der Waals surface area contributed by atoms with Gasteiger partial charge in [0.1, 0.15) is 0 Å². The SMILES string of the molecule is O=C(O)c1cccc2ncn(Cc3cc(Br)cs3)c12. The molecule has 0 aliphatic rings. The molecule has 1 N–H and O–H groups in total. The van der Waals surface area contributed by atoms with E-state index in [1.54, 1.807) is 29.8 Å². The van der Waals surface area contributed by atoms with E-state index in [0.29, 0.717) is 17.6 Å². The first kappa shape index (κ1) is 12.4. The summed E-state index contributed by atoms with van der Waals surface area (Å²) >= 11 is 5.04. The number of carboxylic acids is 1. The number of hydrogen-bond donors (Lipinski definition) is 1. The molecule has 4 nitrogen and oxygen atoms in total. The monoisotopic (exact) mass is 336 g/mol. The number of nitrogens with zero attached hydrogens (tertiary/aromatic N) is 2. The Bertz CT molecular complexity index is 763. The molecule has 96 valence electrons. The number of halogens is 1. The second-order valence-electron chi connectivity index (χ2n) is 4.08. The lowest BCUT2D eigenvalue weighted by atomic mass is 10.2. The number of benzene rings is 1. The third kappa shape index (κ3) is 2.29. The fourth-order valence-electron chi connectivity index (χ4n) is 2.02. The summed E-state index contributed by atoms with van der Waals surface area (Å²) in [6.07, 6.45) is 1.69. The van der Waals surface area contributed by atoms with Gasteiger partial charge in [-0.05, 0) is 34.1 Å². The Kier molecular flexibility index (Phi) is 3.12. The molecular weight excluding hydrogens is 328 g/mol.